The van der Waals surface area contributed by atoms with E-state index in [1.807, 2.05) is 68.4 Å². The Bertz CT molecular complexity index is 1650. The first-order chi connectivity index (χ1) is 21.7. The molecular formula is C35H38N6O4. The number of benzene rings is 2. The summed E-state index contributed by atoms with van der Waals surface area (Å²) in [5.41, 5.74) is 2.58. The maximum Gasteiger partial charge on any atom is 0.315 e. The van der Waals surface area contributed by atoms with Gasteiger partial charge >= 0.3 is 5.97 Å². The van der Waals surface area contributed by atoms with Crippen LogP contribution in [0.5, 0.6) is 5.75 Å². The summed E-state index contributed by atoms with van der Waals surface area (Å²) >= 11 is 0. The zero-order valence-electron chi connectivity index (χ0n) is 26.1. The second kappa shape index (κ2) is 14.2. The lowest BCUT2D eigenvalue weighted by Crippen LogP contribution is -2.37. The van der Waals surface area contributed by atoms with Crippen molar-refractivity contribution in [2.24, 2.45) is 26.1 Å². The smallest absolute Gasteiger partial charge is 0.315 e. The van der Waals surface area contributed by atoms with Gasteiger partial charge in [0.1, 0.15) is 29.9 Å². The quantitative estimate of drug-likeness (QED) is 0.174. The molecule has 5 rings (SSSR count). The van der Waals surface area contributed by atoms with Crippen LogP contribution in [-0.2, 0) is 20.9 Å². The van der Waals surface area contributed by atoms with E-state index in [0.29, 0.717) is 59.4 Å². The van der Waals surface area contributed by atoms with Crippen LogP contribution in [0, 0.1) is 5.92 Å². The highest BCUT2D eigenvalue weighted by Crippen LogP contribution is 2.43. The van der Waals surface area contributed by atoms with Gasteiger partial charge in [-0.3, -0.25) is 14.6 Å². The number of nitrogens with zero attached hydrogens (tertiary/aromatic N) is 5. The molecule has 1 N–H and O–H groups in total. The molecule has 232 valence electrons. The molecule has 0 spiro atoms. The molecule has 0 aliphatic carbocycles. The van der Waals surface area contributed by atoms with Crippen LogP contribution in [0.2, 0.25) is 0 Å². The number of aliphatic imine (C=N–C) groups is 2. The third kappa shape index (κ3) is 7.75. The SMILES string of the molecule is CC1=NC(C)(CCCCOC(=O)C2C(C)=NC(C)=C(C(=O)Nc3ccccn3)C2c2ccccc2OCc2ccccc2)N=N1. The summed E-state index contributed by atoms with van der Waals surface area (Å²) in [5, 5.41) is 11.2. The number of aromatic nitrogens is 1. The van der Waals surface area contributed by atoms with Gasteiger partial charge in [0.2, 0.25) is 0 Å². The van der Waals surface area contributed by atoms with E-state index < -0.39 is 29.4 Å². The number of amidine groups is 1. The molecule has 0 saturated carbocycles. The van der Waals surface area contributed by atoms with Crippen LogP contribution in [0.25, 0.3) is 0 Å². The van der Waals surface area contributed by atoms with Crippen molar-refractivity contribution in [1.29, 1.82) is 0 Å². The predicted molar refractivity (Wildman–Crippen MR) is 173 cm³/mol. The summed E-state index contributed by atoms with van der Waals surface area (Å²) in [6, 6.07) is 22.6. The Morgan fingerprint density at radius 3 is 2.42 bits per heavy atom. The number of carbonyl (C=O) groups excluding carboxylic acids is 2. The highest BCUT2D eigenvalue weighted by atomic mass is 16.5. The van der Waals surface area contributed by atoms with Crippen LogP contribution in [0.1, 0.15) is 64.0 Å². The third-order valence-corrected chi connectivity index (χ3v) is 7.83. The minimum Gasteiger partial charge on any atom is -0.489 e. The van der Waals surface area contributed by atoms with Crippen molar-refractivity contribution >= 4 is 29.2 Å². The molecule has 3 aromatic rings. The number of esters is 1. The Hall–Kier alpha value is -4.99. The van der Waals surface area contributed by atoms with Gasteiger partial charge in [-0.1, -0.05) is 54.6 Å². The summed E-state index contributed by atoms with van der Waals surface area (Å²) in [6.07, 6.45) is 3.70. The highest BCUT2D eigenvalue weighted by molar-refractivity contribution is 6.11. The summed E-state index contributed by atoms with van der Waals surface area (Å²) in [4.78, 5) is 41.2. The van der Waals surface area contributed by atoms with Crippen LogP contribution in [0.4, 0.5) is 5.82 Å². The van der Waals surface area contributed by atoms with Crippen LogP contribution >= 0.6 is 0 Å². The first kappa shape index (κ1) is 31.4. The minimum absolute atomic E-state index is 0.218. The molecule has 45 heavy (non-hydrogen) atoms. The van der Waals surface area contributed by atoms with Crippen molar-refractivity contribution in [3.05, 3.63) is 101 Å². The second-order valence-corrected chi connectivity index (χ2v) is 11.4. The molecular weight excluding hydrogens is 568 g/mol. The van der Waals surface area contributed by atoms with Gasteiger partial charge in [0.25, 0.3) is 5.91 Å². The number of anilines is 1. The summed E-state index contributed by atoms with van der Waals surface area (Å²) in [5.74, 6) is -0.747. The second-order valence-electron chi connectivity index (χ2n) is 11.4. The Labute approximate surface area is 263 Å². The molecule has 2 aliphatic rings. The number of carbonyl (C=O) groups is 2. The van der Waals surface area contributed by atoms with Crippen molar-refractivity contribution in [3.8, 4) is 5.75 Å². The van der Waals surface area contributed by atoms with E-state index in [-0.39, 0.29) is 6.61 Å². The number of hydrogen-bond donors (Lipinski definition) is 1. The van der Waals surface area contributed by atoms with E-state index in [0.717, 1.165) is 12.0 Å². The number of rotatable bonds is 12. The van der Waals surface area contributed by atoms with Gasteiger partial charge in [-0.15, -0.1) is 5.11 Å². The standard InChI is InChI=1S/C35H38N6O4/c1-23-30(33(42)38-29-18-10-12-20-36-29)32(27-16-8-9-17-28(27)45-22-26-14-6-5-7-15-26)31(24(2)37-23)34(43)44-21-13-11-19-35(4)39-25(3)40-41-35/h5-10,12,14-18,20,31-32H,11,13,19,21-22H2,1-4H3,(H,36,38,42). The average molecular weight is 607 g/mol. The Balaban J connectivity index is 1.40. The molecule has 3 atom stereocenters. The number of unbranched alkanes of at least 4 members (excludes halogenated alkanes) is 1. The number of allylic oxidation sites excluding steroid dienone is 1. The van der Waals surface area contributed by atoms with Crippen LogP contribution < -0.4 is 10.1 Å². The molecule has 3 unspecified atom stereocenters. The fraction of sp³-hybridized carbons (Fsp3) is 0.343. The lowest BCUT2D eigenvalue weighted by molar-refractivity contribution is -0.146. The lowest BCUT2D eigenvalue weighted by atomic mass is 9.75. The molecule has 0 saturated heterocycles. The molecule has 0 bridgehead atoms. The monoisotopic (exact) mass is 606 g/mol. The molecule has 10 nitrogen and oxygen atoms in total. The Morgan fingerprint density at radius 1 is 0.933 bits per heavy atom. The lowest BCUT2D eigenvalue weighted by Gasteiger charge is -2.33. The van der Waals surface area contributed by atoms with Crippen molar-refractivity contribution in [3.63, 3.8) is 0 Å². The molecule has 3 heterocycles. The molecule has 1 amide bonds. The first-order valence-corrected chi connectivity index (χ1v) is 15.1. The van der Waals surface area contributed by atoms with E-state index in [2.05, 4.69) is 30.5 Å². The molecule has 2 aromatic carbocycles. The number of para-hydroxylation sites is 1. The van der Waals surface area contributed by atoms with Crippen LogP contribution in [0.3, 0.4) is 0 Å². The maximum atomic E-state index is 13.9. The van der Waals surface area contributed by atoms with Crippen molar-refractivity contribution in [2.75, 3.05) is 11.9 Å². The van der Waals surface area contributed by atoms with Crippen LogP contribution in [0.15, 0.2) is 110 Å². The minimum atomic E-state index is -0.840. The number of pyridine rings is 1. The van der Waals surface area contributed by atoms with Crippen LogP contribution in [-0.4, -0.2) is 40.7 Å². The van der Waals surface area contributed by atoms with Gasteiger partial charge < -0.3 is 14.8 Å². The van der Waals surface area contributed by atoms with Gasteiger partial charge in [0.15, 0.2) is 5.66 Å². The van der Waals surface area contributed by atoms with E-state index in [1.165, 1.54) is 0 Å². The van der Waals surface area contributed by atoms with Gasteiger partial charge in [0, 0.05) is 34.7 Å². The Kier molecular flexibility index (Phi) is 9.92. The van der Waals surface area contributed by atoms with E-state index in [9.17, 15) is 9.59 Å². The highest BCUT2D eigenvalue weighted by Gasteiger charge is 2.43. The molecule has 0 fully saturated rings. The zero-order chi connectivity index (χ0) is 31.8. The van der Waals surface area contributed by atoms with Gasteiger partial charge in [0.05, 0.1) is 6.61 Å². The normalized spacial score (nSPS) is 20.8. The fourth-order valence-electron chi connectivity index (χ4n) is 5.70. The van der Waals surface area contributed by atoms with Crippen molar-refractivity contribution in [2.45, 2.75) is 65.1 Å². The van der Waals surface area contributed by atoms with E-state index in [1.54, 1.807) is 38.2 Å². The predicted octanol–water partition coefficient (Wildman–Crippen LogP) is 7.06. The van der Waals surface area contributed by atoms with Crippen molar-refractivity contribution < 1.29 is 19.1 Å². The first-order valence-electron chi connectivity index (χ1n) is 15.1. The average Bonchev–Trinajstić information content (AvgIpc) is 3.38. The van der Waals surface area contributed by atoms with E-state index in [4.69, 9.17) is 9.47 Å². The molecule has 10 heteroatoms. The summed E-state index contributed by atoms with van der Waals surface area (Å²) in [6.45, 7) is 7.89. The van der Waals surface area contributed by atoms with Gasteiger partial charge in [-0.05, 0) is 70.7 Å². The number of amides is 1. The number of ether oxygens (including phenoxy) is 2. The largest absolute Gasteiger partial charge is 0.489 e. The fourth-order valence-corrected chi connectivity index (χ4v) is 5.70. The van der Waals surface area contributed by atoms with Crippen molar-refractivity contribution in [1.82, 2.24) is 4.98 Å². The zero-order valence-corrected chi connectivity index (χ0v) is 26.1. The van der Waals surface area contributed by atoms with Gasteiger partial charge in [-0.2, -0.15) is 5.11 Å². The number of azo groups is 1. The number of hydrogen-bond acceptors (Lipinski definition) is 9. The van der Waals surface area contributed by atoms with E-state index >= 15 is 0 Å². The molecule has 1 aromatic heterocycles. The summed E-state index contributed by atoms with van der Waals surface area (Å²) < 4.78 is 12.2. The summed E-state index contributed by atoms with van der Waals surface area (Å²) in [7, 11) is 0. The topological polar surface area (TPSA) is 127 Å². The third-order valence-electron chi connectivity index (χ3n) is 7.83. The molecule has 0 radical (unpaired) electrons. The Morgan fingerprint density at radius 2 is 1.69 bits per heavy atom. The van der Waals surface area contributed by atoms with Gasteiger partial charge in [-0.25, -0.2) is 9.98 Å². The number of nitrogens with one attached hydrogen (secondary N) is 1. The molecule has 2 aliphatic heterocycles. The maximum absolute atomic E-state index is 13.9.